The van der Waals surface area contributed by atoms with E-state index in [-0.39, 0.29) is 47.2 Å². The molecule has 9 heteroatoms. The van der Waals surface area contributed by atoms with Gasteiger partial charge in [-0.2, -0.15) is 0 Å². The molecule has 0 spiro atoms. The summed E-state index contributed by atoms with van der Waals surface area (Å²) in [6.07, 6.45) is 4.75. The number of hydrogen-bond acceptors (Lipinski definition) is 6. The summed E-state index contributed by atoms with van der Waals surface area (Å²) in [4.78, 5) is 50.7. The number of carbonyl (C=O) groups excluding carboxylic acids is 3. The summed E-state index contributed by atoms with van der Waals surface area (Å²) in [7, 11) is 0. The maximum absolute atomic E-state index is 13.7. The number of nitrogens with two attached hydrogens (primary N) is 1. The summed E-state index contributed by atoms with van der Waals surface area (Å²) >= 11 is 0. The van der Waals surface area contributed by atoms with Crippen LogP contribution < -0.4 is 5.73 Å². The Labute approximate surface area is 200 Å². The van der Waals surface area contributed by atoms with E-state index in [9.17, 15) is 18.8 Å². The van der Waals surface area contributed by atoms with Crippen LogP contribution in [0.5, 0.6) is 0 Å². The molecule has 3 aromatic rings. The van der Waals surface area contributed by atoms with Gasteiger partial charge >= 0.3 is 0 Å². The summed E-state index contributed by atoms with van der Waals surface area (Å²) in [5, 5.41) is 0.547. The second-order valence-corrected chi connectivity index (χ2v) is 9.62. The lowest BCUT2D eigenvalue weighted by molar-refractivity contribution is -0.152. The van der Waals surface area contributed by atoms with E-state index in [2.05, 4.69) is 9.97 Å². The van der Waals surface area contributed by atoms with E-state index >= 15 is 0 Å². The van der Waals surface area contributed by atoms with Crippen LogP contribution in [0.25, 0.3) is 22.2 Å². The Morgan fingerprint density at radius 2 is 1.69 bits per heavy atom. The molecule has 8 nitrogen and oxygen atoms in total. The Morgan fingerprint density at radius 3 is 2.31 bits per heavy atom. The Balaban J connectivity index is 1.24. The fourth-order valence-corrected chi connectivity index (χ4v) is 4.59. The van der Waals surface area contributed by atoms with Crippen molar-refractivity contribution in [3.05, 3.63) is 54.0 Å². The van der Waals surface area contributed by atoms with Crippen LogP contribution in [0, 0.1) is 17.7 Å². The highest BCUT2D eigenvalue weighted by Gasteiger charge is 2.48. The molecular formula is C26H24FN5O3. The summed E-state index contributed by atoms with van der Waals surface area (Å²) in [6, 6.07) is 9.25. The van der Waals surface area contributed by atoms with E-state index in [1.54, 1.807) is 29.2 Å². The molecule has 0 bridgehead atoms. The number of rotatable bonds is 5. The van der Waals surface area contributed by atoms with Gasteiger partial charge in [0, 0.05) is 42.1 Å². The molecule has 6 rings (SSSR count). The zero-order valence-electron chi connectivity index (χ0n) is 19.0. The van der Waals surface area contributed by atoms with Crippen molar-refractivity contribution in [3.8, 4) is 11.3 Å². The van der Waals surface area contributed by atoms with Gasteiger partial charge in [-0.25, -0.2) is 14.4 Å². The van der Waals surface area contributed by atoms with Gasteiger partial charge < -0.3 is 10.6 Å². The number of nitrogens with zero attached hydrogens (tertiary/aromatic N) is 4. The highest BCUT2D eigenvalue weighted by Crippen LogP contribution is 2.38. The molecule has 2 aromatic heterocycles. The number of pyridine rings is 2. The van der Waals surface area contributed by atoms with Crippen LogP contribution in [0.2, 0.25) is 0 Å². The van der Waals surface area contributed by atoms with Gasteiger partial charge in [-0.15, -0.1) is 0 Å². The number of likely N-dealkylation sites (tertiary alicyclic amines) is 1. The fourth-order valence-electron chi connectivity index (χ4n) is 4.59. The minimum absolute atomic E-state index is 0.0500. The van der Waals surface area contributed by atoms with Crippen molar-refractivity contribution in [1.82, 2.24) is 19.8 Å². The second kappa shape index (κ2) is 8.11. The van der Waals surface area contributed by atoms with E-state index in [0.717, 1.165) is 25.7 Å². The molecule has 3 heterocycles. The van der Waals surface area contributed by atoms with Crippen LogP contribution in [0.3, 0.4) is 0 Å². The summed E-state index contributed by atoms with van der Waals surface area (Å²) in [5.74, 6) is -0.733. The first-order valence-corrected chi connectivity index (χ1v) is 11.9. The SMILES string of the molecule is Nc1ncc(C(=O)N2CC(N(C(=O)C3CC3)C(=O)C3CC3)C2)c2ccc(-c3cccc(F)c3)nc12. The lowest BCUT2D eigenvalue weighted by Crippen LogP contribution is -2.64. The third-order valence-electron chi connectivity index (χ3n) is 6.95. The van der Waals surface area contributed by atoms with Gasteiger partial charge in [-0.05, 0) is 49.9 Å². The Hall–Kier alpha value is -3.88. The van der Waals surface area contributed by atoms with Crippen molar-refractivity contribution in [1.29, 1.82) is 0 Å². The molecule has 0 radical (unpaired) electrons. The number of halogens is 1. The van der Waals surface area contributed by atoms with Crippen LogP contribution >= 0.6 is 0 Å². The van der Waals surface area contributed by atoms with Gasteiger partial charge in [-0.1, -0.05) is 12.1 Å². The lowest BCUT2D eigenvalue weighted by atomic mass is 10.0. The topological polar surface area (TPSA) is 109 Å². The largest absolute Gasteiger partial charge is 0.382 e. The smallest absolute Gasteiger partial charge is 0.256 e. The summed E-state index contributed by atoms with van der Waals surface area (Å²) in [5.41, 5.74) is 7.89. The number of anilines is 1. The predicted molar refractivity (Wildman–Crippen MR) is 126 cm³/mol. The summed E-state index contributed by atoms with van der Waals surface area (Å²) < 4.78 is 13.7. The van der Waals surface area contributed by atoms with Crippen LogP contribution in [0.1, 0.15) is 36.0 Å². The third-order valence-corrected chi connectivity index (χ3v) is 6.95. The molecule has 2 N–H and O–H groups in total. The first-order valence-electron chi connectivity index (χ1n) is 11.9. The van der Waals surface area contributed by atoms with Gasteiger partial charge in [-0.3, -0.25) is 19.3 Å². The van der Waals surface area contributed by atoms with Crippen molar-refractivity contribution in [2.24, 2.45) is 11.8 Å². The molecular weight excluding hydrogens is 449 g/mol. The number of fused-ring (bicyclic) bond motifs is 1. The van der Waals surface area contributed by atoms with Crippen LogP contribution in [0.15, 0.2) is 42.6 Å². The molecule has 3 aliphatic rings. The molecule has 3 amide bonds. The van der Waals surface area contributed by atoms with Gasteiger partial charge in [0.25, 0.3) is 5.91 Å². The molecule has 35 heavy (non-hydrogen) atoms. The molecule has 3 fully saturated rings. The first-order chi connectivity index (χ1) is 16.9. The van der Waals surface area contributed by atoms with E-state index in [1.807, 2.05) is 0 Å². The maximum atomic E-state index is 13.7. The molecule has 2 aliphatic carbocycles. The monoisotopic (exact) mass is 473 g/mol. The number of benzene rings is 1. The van der Waals surface area contributed by atoms with Crippen LogP contribution in [-0.2, 0) is 9.59 Å². The van der Waals surface area contributed by atoms with Crippen LogP contribution in [0.4, 0.5) is 10.2 Å². The number of hydrogen-bond donors (Lipinski definition) is 1. The maximum Gasteiger partial charge on any atom is 0.256 e. The van der Waals surface area contributed by atoms with Crippen molar-refractivity contribution in [3.63, 3.8) is 0 Å². The van der Waals surface area contributed by atoms with Gasteiger partial charge in [0.05, 0.1) is 17.3 Å². The van der Waals surface area contributed by atoms with Crippen molar-refractivity contribution < 1.29 is 18.8 Å². The predicted octanol–water partition coefficient (Wildman–Crippen LogP) is 3.02. The molecule has 0 unspecified atom stereocenters. The Kier molecular flexibility index (Phi) is 5.01. The zero-order chi connectivity index (χ0) is 24.3. The van der Waals surface area contributed by atoms with Crippen molar-refractivity contribution in [2.45, 2.75) is 31.7 Å². The molecule has 1 aliphatic heterocycles. The fraction of sp³-hybridized carbons (Fsp3) is 0.346. The number of carbonyl (C=O) groups is 3. The Morgan fingerprint density at radius 1 is 1.00 bits per heavy atom. The third kappa shape index (κ3) is 3.90. The number of imide groups is 1. The molecule has 1 saturated heterocycles. The number of aromatic nitrogens is 2. The number of amides is 3. The normalized spacial score (nSPS) is 17.8. The summed E-state index contributed by atoms with van der Waals surface area (Å²) in [6.45, 7) is 0.604. The van der Waals surface area contributed by atoms with Crippen LogP contribution in [-0.4, -0.2) is 56.6 Å². The quantitative estimate of drug-likeness (QED) is 0.571. The van der Waals surface area contributed by atoms with E-state index in [1.165, 1.54) is 23.2 Å². The highest BCUT2D eigenvalue weighted by atomic mass is 19.1. The average molecular weight is 474 g/mol. The van der Waals surface area contributed by atoms with Crippen molar-refractivity contribution >= 4 is 34.4 Å². The minimum Gasteiger partial charge on any atom is -0.382 e. The molecule has 178 valence electrons. The zero-order valence-corrected chi connectivity index (χ0v) is 19.0. The van der Waals surface area contributed by atoms with Gasteiger partial charge in [0.2, 0.25) is 11.8 Å². The van der Waals surface area contributed by atoms with Crippen molar-refractivity contribution in [2.75, 3.05) is 18.8 Å². The van der Waals surface area contributed by atoms with Gasteiger partial charge in [0.15, 0.2) is 0 Å². The standard InChI is InChI=1S/C26H24FN5O3/c27-17-3-1-2-16(10-17)21-9-8-19-20(11-29-23(28)22(19)30-21)26(35)31-12-18(13-31)32(24(33)14-4-5-14)25(34)15-6-7-15/h1-3,8-11,14-15,18H,4-7,12-13H2,(H2,28,29). The average Bonchev–Trinajstić information content (AvgIpc) is 3.73. The number of nitrogen functional groups attached to an aromatic ring is 1. The second-order valence-electron chi connectivity index (χ2n) is 9.62. The molecule has 1 aromatic carbocycles. The first kappa shape index (κ1) is 21.6. The highest BCUT2D eigenvalue weighted by molar-refractivity contribution is 6.08. The van der Waals surface area contributed by atoms with E-state index in [0.29, 0.717) is 40.8 Å². The van der Waals surface area contributed by atoms with E-state index < -0.39 is 0 Å². The molecule has 2 saturated carbocycles. The minimum atomic E-state index is -0.374. The van der Waals surface area contributed by atoms with E-state index in [4.69, 9.17) is 5.73 Å². The molecule has 0 atom stereocenters. The lowest BCUT2D eigenvalue weighted by Gasteiger charge is -2.44. The van der Waals surface area contributed by atoms with Gasteiger partial charge in [0.1, 0.15) is 17.2 Å². The Bertz CT molecular complexity index is 1350.